The highest BCUT2D eigenvalue weighted by Crippen LogP contribution is 2.39. The van der Waals surface area contributed by atoms with Crippen LogP contribution in [0.5, 0.6) is 5.75 Å². The molecule has 0 aliphatic heterocycles. The average Bonchev–Trinajstić information content (AvgIpc) is 3.08. The summed E-state index contributed by atoms with van der Waals surface area (Å²) in [6.45, 7) is 6.24. The number of methoxy groups -OCH3 is 1. The normalized spacial score (nSPS) is 15.2. The summed E-state index contributed by atoms with van der Waals surface area (Å²) in [4.78, 5) is 0. The molecule has 0 spiro atoms. The summed E-state index contributed by atoms with van der Waals surface area (Å²) in [6, 6.07) is 9.51. The number of hydrogen-bond donors (Lipinski definition) is 0. The second-order valence-electron chi connectivity index (χ2n) is 6.82. The zero-order valence-corrected chi connectivity index (χ0v) is 15.7. The minimum absolute atomic E-state index is 1.04. The summed E-state index contributed by atoms with van der Waals surface area (Å²) in [5.74, 6) is 1.04. The van der Waals surface area contributed by atoms with Gasteiger partial charge in [-0.05, 0) is 97.4 Å². The van der Waals surface area contributed by atoms with Crippen LogP contribution in [-0.2, 0) is 25.7 Å². The number of hydrogen-bond acceptors (Lipinski definition) is 1. The maximum Gasteiger partial charge on any atom is 0.126 e. The van der Waals surface area contributed by atoms with Crippen molar-refractivity contribution < 1.29 is 4.74 Å². The lowest BCUT2D eigenvalue weighted by molar-refractivity contribution is 0.415. The molecule has 2 aromatic carbocycles. The molecule has 2 aliphatic rings. The molecular weight excluding hydrogens is 292 g/mol. The first kappa shape index (κ1) is 17.1. The fourth-order valence-corrected chi connectivity index (χ4v) is 4.18. The molecule has 1 nitrogen and oxygen atoms in total. The van der Waals surface area contributed by atoms with Gasteiger partial charge < -0.3 is 4.74 Å². The Hall–Kier alpha value is -1.76. The summed E-state index contributed by atoms with van der Waals surface area (Å²) in [7, 11) is 1.80. The van der Waals surface area contributed by atoms with Gasteiger partial charge in [0.25, 0.3) is 0 Å². The minimum atomic E-state index is 1.04. The molecule has 0 N–H and O–H groups in total. The summed E-state index contributed by atoms with van der Waals surface area (Å²) in [5, 5.41) is 0. The van der Waals surface area contributed by atoms with Gasteiger partial charge in [0.2, 0.25) is 0 Å². The Balaban J connectivity index is 0.000000815. The molecule has 2 aliphatic carbocycles. The predicted octanol–water partition coefficient (Wildman–Crippen LogP) is 6.06. The maximum atomic E-state index is 5.74. The topological polar surface area (TPSA) is 9.23 Å². The highest BCUT2D eigenvalue weighted by atomic mass is 16.5. The molecule has 0 atom stereocenters. The molecule has 24 heavy (non-hydrogen) atoms. The van der Waals surface area contributed by atoms with Crippen LogP contribution in [0, 0.1) is 6.92 Å². The van der Waals surface area contributed by atoms with Crippen molar-refractivity contribution in [2.75, 3.05) is 7.11 Å². The summed E-state index contributed by atoms with van der Waals surface area (Å²) in [6.07, 6.45) is 8.84. The molecule has 0 aromatic heterocycles. The van der Waals surface area contributed by atoms with Crippen LogP contribution in [0.2, 0.25) is 0 Å². The van der Waals surface area contributed by atoms with Crippen LogP contribution in [0.15, 0.2) is 24.3 Å². The highest BCUT2D eigenvalue weighted by Gasteiger charge is 2.19. The molecule has 2 aromatic rings. The van der Waals surface area contributed by atoms with E-state index in [0.717, 1.165) is 5.75 Å². The van der Waals surface area contributed by atoms with Gasteiger partial charge in [-0.25, -0.2) is 0 Å². The molecule has 0 heterocycles. The number of ether oxygens (including phenoxy) is 1. The number of fused-ring (bicyclic) bond motifs is 2. The second-order valence-corrected chi connectivity index (χ2v) is 6.82. The van der Waals surface area contributed by atoms with Gasteiger partial charge in [-0.15, -0.1) is 0 Å². The predicted molar refractivity (Wildman–Crippen MR) is 103 cm³/mol. The van der Waals surface area contributed by atoms with Crippen LogP contribution < -0.4 is 4.74 Å². The van der Waals surface area contributed by atoms with Crippen molar-refractivity contribution in [3.8, 4) is 16.9 Å². The van der Waals surface area contributed by atoms with E-state index in [1.54, 1.807) is 18.2 Å². The van der Waals surface area contributed by atoms with Crippen molar-refractivity contribution in [1.82, 2.24) is 0 Å². The van der Waals surface area contributed by atoms with Crippen LogP contribution in [0.1, 0.15) is 60.9 Å². The van der Waals surface area contributed by atoms with Gasteiger partial charge in [0.15, 0.2) is 0 Å². The van der Waals surface area contributed by atoms with Crippen molar-refractivity contribution in [3.05, 3.63) is 52.1 Å². The number of aryl methyl sites for hydroxylation is 5. The first-order chi connectivity index (χ1) is 11.8. The van der Waals surface area contributed by atoms with E-state index in [4.69, 9.17) is 4.74 Å². The molecule has 0 saturated heterocycles. The standard InChI is InChI=1S/C21H24O.C2H6/c1-14-10-15-8-5-9-17(15)11-19(14)20-12-16-6-3-4-7-18(16)13-21(20)22-2;1-2/h10-13H,3-9H2,1-2H3;1-2H3. The first-order valence-electron chi connectivity index (χ1n) is 9.59. The molecule has 128 valence electrons. The van der Waals surface area contributed by atoms with Gasteiger partial charge in [-0.1, -0.05) is 26.0 Å². The van der Waals surface area contributed by atoms with E-state index in [-0.39, 0.29) is 0 Å². The van der Waals surface area contributed by atoms with E-state index >= 15 is 0 Å². The zero-order chi connectivity index (χ0) is 17.1. The maximum absolute atomic E-state index is 5.74. The van der Waals surface area contributed by atoms with Crippen molar-refractivity contribution in [2.45, 2.75) is 65.7 Å². The fourth-order valence-electron chi connectivity index (χ4n) is 4.18. The second kappa shape index (κ2) is 7.42. The first-order valence-corrected chi connectivity index (χ1v) is 9.59. The van der Waals surface area contributed by atoms with Crippen molar-refractivity contribution in [3.63, 3.8) is 0 Å². The Labute approximate surface area is 147 Å². The van der Waals surface area contributed by atoms with E-state index in [1.165, 1.54) is 72.8 Å². The Kier molecular flexibility index (Phi) is 5.28. The molecular formula is C23H30O. The molecule has 0 fully saturated rings. The quantitative estimate of drug-likeness (QED) is 0.652. The SMILES string of the molecule is CC.COc1cc2c(cc1-c1cc3c(cc1C)CCC3)CCCC2. The van der Waals surface area contributed by atoms with Crippen LogP contribution in [0.25, 0.3) is 11.1 Å². The van der Waals surface area contributed by atoms with Gasteiger partial charge in [0.1, 0.15) is 5.75 Å². The fraction of sp³-hybridized carbons (Fsp3) is 0.478. The van der Waals surface area contributed by atoms with E-state index in [2.05, 4.69) is 31.2 Å². The smallest absolute Gasteiger partial charge is 0.126 e. The third-order valence-electron chi connectivity index (χ3n) is 5.39. The Bertz CT molecular complexity index is 727. The molecule has 4 rings (SSSR count). The lowest BCUT2D eigenvalue weighted by Crippen LogP contribution is -2.04. The lowest BCUT2D eigenvalue weighted by Gasteiger charge is -2.20. The van der Waals surface area contributed by atoms with Gasteiger partial charge >= 0.3 is 0 Å². The Morgan fingerprint density at radius 2 is 1.17 bits per heavy atom. The van der Waals surface area contributed by atoms with E-state index in [9.17, 15) is 0 Å². The minimum Gasteiger partial charge on any atom is -0.496 e. The number of rotatable bonds is 2. The van der Waals surface area contributed by atoms with Crippen LogP contribution in [0.3, 0.4) is 0 Å². The summed E-state index contributed by atoms with van der Waals surface area (Å²) < 4.78 is 5.74. The lowest BCUT2D eigenvalue weighted by atomic mass is 9.87. The van der Waals surface area contributed by atoms with Gasteiger partial charge in [0, 0.05) is 5.56 Å². The van der Waals surface area contributed by atoms with Crippen LogP contribution in [0.4, 0.5) is 0 Å². The van der Waals surface area contributed by atoms with Crippen LogP contribution >= 0.6 is 0 Å². The van der Waals surface area contributed by atoms with Crippen molar-refractivity contribution in [2.24, 2.45) is 0 Å². The van der Waals surface area contributed by atoms with Gasteiger partial charge in [-0.3, -0.25) is 0 Å². The Morgan fingerprint density at radius 1 is 0.667 bits per heavy atom. The molecule has 0 saturated carbocycles. The molecule has 0 bridgehead atoms. The van der Waals surface area contributed by atoms with Crippen molar-refractivity contribution in [1.29, 1.82) is 0 Å². The van der Waals surface area contributed by atoms with Gasteiger partial charge in [0.05, 0.1) is 7.11 Å². The molecule has 1 heteroatoms. The molecule has 0 amide bonds. The Morgan fingerprint density at radius 3 is 1.79 bits per heavy atom. The molecule has 0 radical (unpaired) electrons. The highest BCUT2D eigenvalue weighted by molar-refractivity contribution is 5.76. The summed E-state index contributed by atoms with van der Waals surface area (Å²) >= 11 is 0. The van der Waals surface area contributed by atoms with Gasteiger partial charge in [-0.2, -0.15) is 0 Å². The number of benzene rings is 2. The molecule has 0 unspecified atom stereocenters. The monoisotopic (exact) mass is 322 g/mol. The van der Waals surface area contributed by atoms with Crippen LogP contribution in [-0.4, -0.2) is 7.11 Å². The van der Waals surface area contributed by atoms with E-state index in [1.807, 2.05) is 13.8 Å². The zero-order valence-electron chi connectivity index (χ0n) is 15.7. The van der Waals surface area contributed by atoms with E-state index < -0.39 is 0 Å². The van der Waals surface area contributed by atoms with E-state index in [0.29, 0.717) is 0 Å². The summed E-state index contributed by atoms with van der Waals surface area (Å²) in [5.41, 5.74) is 10.2. The largest absolute Gasteiger partial charge is 0.496 e. The third-order valence-corrected chi connectivity index (χ3v) is 5.39. The third kappa shape index (κ3) is 3.09. The average molecular weight is 322 g/mol. The van der Waals surface area contributed by atoms with Crippen molar-refractivity contribution >= 4 is 0 Å².